The molecule has 1 aliphatic carbocycles. The van der Waals surface area contributed by atoms with Crippen molar-refractivity contribution >= 4 is 27.5 Å². The Labute approximate surface area is 137 Å². The normalized spacial score (nSPS) is 25.4. The Kier molecular flexibility index (Phi) is 5.59. The third-order valence-corrected chi connectivity index (χ3v) is 6.18. The molecule has 0 N–H and O–H groups in total. The van der Waals surface area contributed by atoms with Gasteiger partial charge < -0.3 is 0 Å². The Morgan fingerprint density at radius 2 is 1.65 bits per heavy atom. The van der Waals surface area contributed by atoms with E-state index in [0.29, 0.717) is 10.2 Å². The molecule has 1 aromatic rings. The zero-order valence-corrected chi connectivity index (χ0v) is 15.2. The predicted octanol–water partition coefficient (Wildman–Crippen LogP) is 6.50. The summed E-state index contributed by atoms with van der Waals surface area (Å²) in [7, 11) is 0. The van der Waals surface area contributed by atoms with Gasteiger partial charge in [-0.15, -0.1) is 0 Å². The summed E-state index contributed by atoms with van der Waals surface area (Å²) in [5.74, 6) is 1.72. The van der Waals surface area contributed by atoms with E-state index in [2.05, 4.69) is 48.8 Å². The van der Waals surface area contributed by atoms with E-state index in [9.17, 15) is 0 Å². The molecule has 1 unspecified atom stereocenters. The maximum Gasteiger partial charge on any atom is 0.0406 e. The fourth-order valence-electron chi connectivity index (χ4n) is 3.36. The fourth-order valence-corrected chi connectivity index (χ4v) is 4.39. The average molecular weight is 358 g/mol. The molecule has 1 aliphatic rings. The topological polar surface area (TPSA) is 0 Å². The van der Waals surface area contributed by atoms with Gasteiger partial charge in [-0.05, 0) is 67.1 Å². The molecule has 0 amide bonds. The summed E-state index contributed by atoms with van der Waals surface area (Å²) < 4.78 is 0. The van der Waals surface area contributed by atoms with Crippen LogP contribution in [0.15, 0.2) is 24.3 Å². The lowest BCUT2D eigenvalue weighted by atomic mass is 9.69. The van der Waals surface area contributed by atoms with Crippen molar-refractivity contribution in [2.75, 3.05) is 0 Å². The smallest absolute Gasteiger partial charge is 0.0406 e. The van der Waals surface area contributed by atoms with Crippen LogP contribution in [0.5, 0.6) is 0 Å². The Morgan fingerprint density at radius 3 is 2.15 bits per heavy atom. The van der Waals surface area contributed by atoms with Crippen molar-refractivity contribution in [3.63, 3.8) is 0 Å². The van der Waals surface area contributed by atoms with Crippen molar-refractivity contribution in [3.8, 4) is 0 Å². The van der Waals surface area contributed by atoms with Gasteiger partial charge in [-0.1, -0.05) is 60.4 Å². The lowest BCUT2D eigenvalue weighted by molar-refractivity contribution is 0.149. The lowest BCUT2D eigenvalue weighted by Gasteiger charge is -2.38. The molecule has 2 rings (SSSR count). The van der Waals surface area contributed by atoms with Crippen LogP contribution in [-0.2, 0) is 6.42 Å². The van der Waals surface area contributed by atoms with Crippen molar-refractivity contribution in [1.82, 2.24) is 0 Å². The third-order valence-electron chi connectivity index (χ3n) is 4.85. The van der Waals surface area contributed by atoms with Crippen molar-refractivity contribution in [2.24, 2.45) is 17.3 Å². The van der Waals surface area contributed by atoms with Crippen molar-refractivity contribution in [1.29, 1.82) is 0 Å². The highest BCUT2D eigenvalue weighted by molar-refractivity contribution is 9.09. The van der Waals surface area contributed by atoms with Gasteiger partial charge in [0.15, 0.2) is 0 Å². The van der Waals surface area contributed by atoms with Crippen LogP contribution in [0.25, 0.3) is 0 Å². The fraction of sp³-hybridized carbons (Fsp3) is 0.667. The van der Waals surface area contributed by atoms with Crippen LogP contribution < -0.4 is 0 Å². The molecule has 20 heavy (non-hydrogen) atoms. The standard InChI is InChI=1S/C18H26BrCl/c1-18(2,3)15-8-6-14(7-9-15)17(19)12-13-4-10-16(20)11-5-13/h4-5,10-11,14-15,17H,6-9,12H2,1-3H3. The maximum atomic E-state index is 5.94. The molecule has 1 saturated carbocycles. The van der Waals surface area contributed by atoms with Gasteiger partial charge >= 0.3 is 0 Å². The minimum Gasteiger partial charge on any atom is -0.0884 e. The van der Waals surface area contributed by atoms with Gasteiger partial charge in [-0.2, -0.15) is 0 Å². The maximum absolute atomic E-state index is 5.94. The van der Waals surface area contributed by atoms with E-state index >= 15 is 0 Å². The highest BCUT2D eigenvalue weighted by Gasteiger charge is 2.32. The van der Waals surface area contributed by atoms with Crippen molar-refractivity contribution in [2.45, 2.75) is 57.7 Å². The average Bonchev–Trinajstić information content (AvgIpc) is 2.40. The molecule has 0 aromatic heterocycles. The first kappa shape index (κ1) is 16.4. The summed E-state index contributed by atoms with van der Waals surface area (Å²) >= 11 is 9.88. The van der Waals surface area contributed by atoms with Gasteiger partial charge in [0.05, 0.1) is 0 Å². The van der Waals surface area contributed by atoms with Crippen LogP contribution in [0, 0.1) is 17.3 Å². The Bertz CT molecular complexity index is 410. The second-order valence-electron chi connectivity index (χ2n) is 7.32. The number of hydrogen-bond donors (Lipinski definition) is 0. The Hall–Kier alpha value is -0.0100. The molecule has 0 aliphatic heterocycles. The van der Waals surface area contributed by atoms with E-state index in [-0.39, 0.29) is 0 Å². The minimum atomic E-state index is 0.475. The summed E-state index contributed by atoms with van der Waals surface area (Å²) in [5, 5.41) is 0.825. The highest BCUT2D eigenvalue weighted by atomic mass is 79.9. The van der Waals surface area contributed by atoms with Crippen LogP contribution in [0.2, 0.25) is 5.02 Å². The minimum absolute atomic E-state index is 0.475. The second kappa shape index (κ2) is 6.83. The molecule has 112 valence electrons. The summed E-state index contributed by atoms with van der Waals surface area (Å²) in [6.45, 7) is 7.16. The molecular formula is C18H26BrCl. The van der Waals surface area contributed by atoms with Gasteiger partial charge in [0, 0.05) is 9.85 Å². The van der Waals surface area contributed by atoms with Crippen LogP contribution >= 0.6 is 27.5 Å². The largest absolute Gasteiger partial charge is 0.0884 e. The molecular weight excluding hydrogens is 332 g/mol. The van der Waals surface area contributed by atoms with E-state index in [1.165, 1.54) is 31.2 Å². The van der Waals surface area contributed by atoms with Crippen LogP contribution in [0.4, 0.5) is 0 Å². The van der Waals surface area contributed by atoms with Crippen LogP contribution in [0.1, 0.15) is 52.0 Å². The third kappa shape index (κ3) is 4.49. The molecule has 0 nitrogen and oxygen atoms in total. The van der Waals surface area contributed by atoms with E-state index in [1.807, 2.05) is 12.1 Å². The SMILES string of the molecule is CC(C)(C)C1CCC(C(Br)Cc2ccc(Cl)cc2)CC1. The van der Waals surface area contributed by atoms with E-state index in [1.54, 1.807) is 0 Å². The summed E-state index contributed by atoms with van der Waals surface area (Å²) in [6.07, 6.45) is 6.62. The highest BCUT2D eigenvalue weighted by Crippen LogP contribution is 2.42. The van der Waals surface area contributed by atoms with Crippen LogP contribution in [0.3, 0.4) is 0 Å². The number of hydrogen-bond acceptors (Lipinski definition) is 0. The number of halogens is 2. The van der Waals surface area contributed by atoms with E-state index in [4.69, 9.17) is 11.6 Å². The first-order valence-electron chi connectivity index (χ1n) is 7.75. The molecule has 2 heteroatoms. The van der Waals surface area contributed by atoms with Crippen molar-refractivity contribution < 1.29 is 0 Å². The first-order chi connectivity index (χ1) is 9.36. The summed E-state index contributed by atoms with van der Waals surface area (Å²) in [6, 6.07) is 8.29. The molecule has 0 bridgehead atoms. The Morgan fingerprint density at radius 1 is 1.10 bits per heavy atom. The van der Waals surface area contributed by atoms with Gasteiger partial charge in [-0.25, -0.2) is 0 Å². The number of benzene rings is 1. The molecule has 0 saturated heterocycles. The van der Waals surface area contributed by atoms with Gasteiger partial charge in [0.25, 0.3) is 0 Å². The molecule has 0 radical (unpaired) electrons. The molecule has 0 spiro atoms. The Balaban J connectivity index is 1.85. The second-order valence-corrected chi connectivity index (χ2v) is 8.94. The molecule has 1 atom stereocenters. The van der Waals surface area contributed by atoms with Crippen molar-refractivity contribution in [3.05, 3.63) is 34.9 Å². The zero-order chi connectivity index (χ0) is 14.8. The zero-order valence-electron chi connectivity index (χ0n) is 12.8. The van der Waals surface area contributed by atoms with E-state index in [0.717, 1.165) is 23.3 Å². The lowest BCUT2D eigenvalue weighted by Crippen LogP contribution is -2.29. The van der Waals surface area contributed by atoms with Crippen LogP contribution in [-0.4, -0.2) is 4.83 Å². The quantitative estimate of drug-likeness (QED) is 0.542. The predicted molar refractivity (Wildman–Crippen MR) is 92.8 cm³/mol. The van der Waals surface area contributed by atoms with Gasteiger partial charge in [-0.3, -0.25) is 0 Å². The molecule has 1 fully saturated rings. The van der Waals surface area contributed by atoms with Gasteiger partial charge in [0.1, 0.15) is 0 Å². The summed E-state index contributed by atoms with van der Waals surface area (Å²) in [4.78, 5) is 0.601. The first-order valence-corrected chi connectivity index (χ1v) is 9.04. The van der Waals surface area contributed by atoms with E-state index < -0.39 is 0 Å². The molecule has 1 aromatic carbocycles. The monoisotopic (exact) mass is 356 g/mol. The van der Waals surface area contributed by atoms with Gasteiger partial charge in [0.2, 0.25) is 0 Å². The number of alkyl halides is 1. The molecule has 0 heterocycles. The number of rotatable bonds is 3. The summed E-state index contributed by atoms with van der Waals surface area (Å²) in [5.41, 5.74) is 1.86.